The number of nitro benzene ring substituents is 1. The number of nitrogens with zero attached hydrogens (tertiary/aromatic N) is 2. The van der Waals surface area contributed by atoms with Crippen LogP contribution in [0.2, 0.25) is 0 Å². The zero-order valence-corrected chi connectivity index (χ0v) is 10.5. The number of nitriles is 1. The van der Waals surface area contributed by atoms with Gasteiger partial charge in [0, 0.05) is 18.3 Å². The topological polar surface area (TPSA) is 105 Å². The highest BCUT2D eigenvalue weighted by Gasteiger charge is 2.10. The lowest BCUT2D eigenvalue weighted by molar-refractivity contribution is -0.383. The molecule has 3 N–H and O–H groups in total. The normalized spacial score (nSPS) is 9.75. The molecule has 100 valence electrons. The molecule has 0 aromatic heterocycles. The molecule has 0 aliphatic rings. The van der Waals surface area contributed by atoms with Crippen molar-refractivity contribution in [3.8, 4) is 6.07 Å². The smallest absolute Gasteiger partial charge is 0.292 e. The number of benzene rings is 2. The van der Waals surface area contributed by atoms with Crippen molar-refractivity contribution in [3.05, 3.63) is 63.7 Å². The van der Waals surface area contributed by atoms with Crippen LogP contribution in [0.15, 0.2) is 42.5 Å². The number of rotatable bonds is 4. The Morgan fingerprint density at radius 1 is 1.30 bits per heavy atom. The van der Waals surface area contributed by atoms with E-state index in [0.29, 0.717) is 17.8 Å². The Kier molecular flexibility index (Phi) is 3.82. The van der Waals surface area contributed by atoms with Gasteiger partial charge in [0.25, 0.3) is 5.69 Å². The van der Waals surface area contributed by atoms with Crippen molar-refractivity contribution in [2.24, 2.45) is 0 Å². The molecule has 0 spiro atoms. The van der Waals surface area contributed by atoms with Crippen LogP contribution in [-0.4, -0.2) is 4.92 Å². The predicted octanol–water partition coefficient (Wildman–Crippen LogP) is 2.66. The number of nitrogen functional groups attached to an aromatic ring is 1. The predicted molar refractivity (Wildman–Crippen MR) is 76.0 cm³/mol. The molecule has 0 radical (unpaired) electrons. The molecule has 2 aromatic rings. The lowest BCUT2D eigenvalue weighted by atomic mass is 10.1. The summed E-state index contributed by atoms with van der Waals surface area (Å²) < 4.78 is 0. The Morgan fingerprint density at radius 3 is 2.75 bits per heavy atom. The Hall–Kier alpha value is -3.07. The average molecular weight is 268 g/mol. The highest BCUT2D eigenvalue weighted by molar-refractivity contribution is 5.65. The van der Waals surface area contributed by atoms with E-state index in [1.54, 1.807) is 24.3 Å². The second-order valence-corrected chi connectivity index (χ2v) is 4.20. The number of anilines is 2. The van der Waals surface area contributed by atoms with Crippen molar-refractivity contribution in [1.82, 2.24) is 0 Å². The second kappa shape index (κ2) is 5.71. The number of hydrogen-bond donors (Lipinski definition) is 2. The maximum atomic E-state index is 10.7. The third kappa shape index (κ3) is 3.03. The minimum atomic E-state index is -0.518. The van der Waals surface area contributed by atoms with Crippen LogP contribution in [0.25, 0.3) is 0 Å². The molecule has 6 nitrogen and oxygen atoms in total. The number of nitro groups is 1. The largest absolute Gasteiger partial charge is 0.393 e. The maximum absolute atomic E-state index is 10.7. The fourth-order valence-corrected chi connectivity index (χ4v) is 1.79. The van der Waals surface area contributed by atoms with Gasteiger partial charge in [0.2, 0.25) is 0 Å². The van der Waals surface area contributed by atoms with Gasteiger partial charge in [-0.1, -0.05) is 12.1 Å². The van der Waals surface area contributed by atoms with Gasteiger partial charge in [0.15, 0.2) is 0 Å². The van der Waals surface area contributed by atoms with Crippen LogP contribution >= 0.6 is 0 Å². The van der Waals surface area contributed by atoms with Crippen LogP contribution in [0.5, 0.6) is 0 Å². The Morgan fingerprint density at radius 2 is 2.10 bits per heavy atom. The molecule has 2 aromatic carbocycles. The average Bonchev–Trinajstić information content (AvgIpc) is 2.45. The summed E-state index contributed by atoms with van der Waals surface area (Å²) in [6, 6.07) is 13.8. The van der Waals surface area contributed by atoms with Gasteiger partial charge in [-0.25, -0.2) is 0 Å². The summed E-state index contributed by atoms with van der Waals surface area (Å²) in [6.45, 7) is 0.507. The van der Waals surface area contributed by atoms with Gasteiger partial charge >= 0.3 is 0 Å². The van der Waals surface area contributed by atoms with Gasteiger partial charge < -0.3 is 11.1 Å². The molecule has 0 saturated carbocycles. The highest BCUT2D eigenvalue weighted by Crippen LogP contribution is 2.24. The zero-order valence-electron chi connectivity index (χ0n) is 10.5. The minimum absolute atomic E-state index is 0.109. The Bertz CT molecular complexity index is 692. The molecule has 0 unspecified atom stereocenters. The molecular weight excluding hydrogens is 256 g/mol. The summed E-state index contributed by atoms with van der Waals surface area (Å²) in [5.41, 5.74) is 7.85. The summed E-state index contributed by atoms with van der Waals surface area (Å²) in [4.78, 5) is 10.1. The third-order valence-electron chi connectivity index (χ3n) is 2.78. The van der Waals surface area contributed by atoms with Crippen LogP contribution in [0.1, 0.15) is 11.1 Å². The first-order valence-electron chi connectivity index (χ1n) is 5.87. The van der Waals surface area contributed by atoms with Gasteiger partial charge in [-0.15, -0.1) is 0 Å². The molecule has 20 heavy (non-hydrogen) atoms. The van der Waals surface area contributed by atoms with E-state index >= 15 is 0 Å². The first kappa shape index (κ1) is 13.4. The summed E-state index contributed by atoms with van der Waals surface area (Å²) >= 11 is 0. The molecule has 0 fully saturated rings. The number of nitrogens with one attached hydrogen (secondary N) is 1. The fourth-order valence-electron chi connectivity index (χ4n) is 1.79. The van der Waals surface area contributed by atoms with Crippen molar-refractivity contribution in [2.75, 3.05) is 11.1 Å². The zero-order chi connectivity index (χ0) is 14.5. The highest BCUT2D eigenvalue weighted by atomic mass is 16.6. The molecule has 0 atom stereocenters. The molecule has 2 rings (SSSR count). The van der Waals surface area contributed by atoms with Gasteiger partial charge in [-0.3, -0.25) is 10.1 Å². The van der Waals surface area contributed by atoms with Crippen molar-refractivity contribution in [3.63, 3.8) is 0 Å². The summed E-state index contributed by atoms with van der Waals surface area (Å²) in [5.74, 6) is 0. The SMILES string of the molecule is N#Cc1cccc(CNc2ccc([N+](=O)[O-])c(N)c2)c1. The molecule has 0 bridgehead atoms. The lowest BCUT2D eigenvalue weighted by Crippen LogP contribution is -2.01. The van der Waals surface area contributed by atoms with Crippen molar-refractivity contribution < 1.29 is 4.92 Å². The maximum Gasteiger partial charge on any atom is 0.292 e. The van der Waals surface area contributed by atoms with E-state index in [4.69, 9.17) is 11.0 Å². The van der Waals surface area contributed by atoms with Crippen molar-refractivity contribution in [2.45, 2.75) is 6.54 Å². The van der Waals surface area contributed by atoms with E-state index in [0.717, 1.165) is 5.56 Å². The summed E-state index contributed by atoms with van der Waals surface area (Å²) in [7, 11) is 0. The lowest BCUT2D eigenvalue weighted by Gasteiger charge is -2.07. The van der Waals surface area contributed by atoms with Crippen molar-refractivity contribution >= 4 is 17.1 Å². The summed E-state index contributed by atoms with van der Waals surface area (Å²) in [6.07, 6.45) is 0. The number of hydrogen-bond acceptors (Lipinski definition) is 5. The Labute approximate surface area is 115 Å². The van der Waals surface area contributed by atoms with Crippen LogP contribution in [0, 0.1) is 21.4 Å². The summed E-state index contributed by atoms with van der Waals surface area (Å²) in [5, 5.41) is 22.6. The molecule has 0 amide bonds. The van der Waals surface area contributed by atoms with E-state index in [1.165, 1.54) is 12.1 Å². The molecule has 6 heteroatoms. The molecule has 0 heterocycles. The molecule has 0 aliphatic carbocycles. The first-order chi connectivity index (χ1) is 9.60. The van der Waals surface area contributed by atoms with Crippen LogP contribution < -0.4 is 11.1 Å². The quantitative estimate of drug-likeness (QED) is 0.504. The standard InChI is InChI=1S/C14H12N4O2/c15-8-10-2-1-3-11(6-10)9-17-12-4-5-14(18(19)20)13(16)7-12/h1-7,17H,9,16H2. The van der Waals surface area contributed by atoms with Crippen LogP contribution in [0.3, 0.4) is 0 Å². The van der Waals surface area contributed by atoms with E-state index in [-0.39, 0.29) is 11.4 Å². The molecule has 0 saturated heterocycles. The van der Waals surface area contributed by atoms with E-state index < -0.39 is 4.92 Å². The van der Waals surface area contributed by atoms with E-state index in [9.17, 15) is 10.1 Å². The molecule has 0 aliphatic heterocycles. The first-order valence-corrected chi connectivity index (χ1v) is 5.87. The van der Waals surface area contributed by atoms with Crippen LogP contribution in [-0.2, 0) is 6.54 Å². The second-order valence-electron chi connectivity index (χ2n) is 4.20. The minimum Gasteiger partial charge on any atom is -0.393 e. The third-order valence-corrected chi connectivity index (χ3v) is 2.78. The van der Waals surface area contributed by atoms with Crippen LogP contribution in [0.4, 0.5) is 17.1 Å². The van der Waals surface area contributed by atoms with Gasteiger partial charge in [-0.05, 0) is 29.8 Å². The fraction of sp³-hybridized carbons (Fsp3) is 0.0714. The van der Waals surface area contributed by atoms with Crippen molar-refractivity contribution in [1.29, 1.82) is 5.26 Å². The van der Waals surface area contributed by atoms with E-state index in [1.807, 2.05) is 6.07 Å². The monoisotopic (exact) mass is 268 g/mol. The van der Waals surface area contributed by atoms with Gasteiger partial charge in [0.1, 0.15) is 5.69 Å². The number of nitrogens with two attached hydrogens (primary N) is 1. The van der Waals surface area contributed by atoms with Gasteiger partial charge in [0.05, 0.1) is 16.6 Å². The molecular formula is C14H12N4O2. The van der Waals surface area contributed by atoms with E-state index in [2.05, 4.69) is 11.4 Å². The Balaban J connectivity index is 2.09. The van der Waals surface area contributed by atoms with Gasteiger partial charge in [-0.2, -0.15) is 5.26 Å².